The van der Waals surface area contributed by atoms with E-state index in [0.29, 0.717) is 12.3 Å². The van der Waals surface area contributed by atoms with Gasteiger partial charge in [-0.3, -0.25) is 4.79 Å². The Kier molecular flexibility index (Phi) is 5.20. The van der Waals surface area contributed by atoms with Crippen LogP contribution < -0.4 is 0 Å². The first-order valence-corrected chi connectivity index (χ1v) is 6.31. The molecule has 17 heavy (non-hydrogen) atoms. The van der Waals surface area contributed by atoms with Crippen LogP contribution in [0, 0.1) is 18.8 Å². The number of aliphatic carboxylic acids is 1. The first-order valence-electron chi connectivity index (χ1n) is 6.31. The number of benzene rings is 1. The smallest absolute Gasteiger partial charge is 0.306 e. The normalized spacial score (nSPS) is 14.3. The van der Waals surface area contributed by atoms with Crippen LogP contribution in [0.2, 0.25) is 0 Å². The molecule has 1 aromatic rings. The summed E-state index contributed by atoms with van der Waals surface area (Å²) >= 11 is 0. The van der Waals surface area contributed by atoms with Gasteiger partial charge < -0.3 is 5.11 Å². The van der Waals surface area contributed by atoms with E-state index in [9.17, 15) is 9.90 Å². The molecule has 2 heteroatoms. The molecule has 2 atom stereocenters. The number of carbonyl (C=O) groups is 1. The monoisotopic (exact) mass is 234 g/mol. The van der Waals surface area contributed by atoms with Gasteiger partial charge in [0.1, 0.15) is 0 Å². The zero-order valence-electron chi connectivity index (χ0n) is 10.9. The molecule has 0 heterocycles. The van der Waals surface area contributed by atoms with E-state index in [1.54, 1.807) is 0 Å². The van der Waals surface area contributed by atoms with Gasteiger partial charge >= 0.3 is 5.97 Å². The second-order valence-electron chi connectivity index (χ2n) is 4.98. The fourth-order valence-electron chi connectivity index (χ4n) is 2.05. The van der Waals surface area contributed by atoms with E-state index >= 15 is 0 Å². The van der Waals surface area contributed by atoms with Gasteiger partial charge in [-0.15, -0.1) is 0 Å². The highest BCUT2D eigenvalue weighted by atomic mass is 16.4. The van der Waals surface area contributed by atoms with Crippen molar-refractivity contribution in [1.29, 1.82) is 0 Å². The lowest BCUT2D eigenvalue weighted by Gasteiger charge is -2.16. The fraction of sp³-hybridized carbons (Fsp3) is 0.533. The van der Waals surface area contributed by atoms with Crippen LogP contribution in [0.5, 0.6) is 0 Å². The summed E-state index contributed by atoms with van der Waals surface area (Å²) in [6, 6.07) is 8.12. The van der Waals surface area contributed by atoms with Crippen molar-refractivity contribution in [3.8, 4) is 0 Å². The Bertz CT molecular complexity index is 371. The molecule has 0 bridgehead atoms. The molecule has 0 spiro atoms. The minimum Gasteiger partial charge on any atom is -0.481 e. The Balaban J connectivity index is 2.70. The van der Waals surface area contributed by atoms with Crippen LogP contribution in [-0.2, 0) is 11.2 Å². The topological polar surface area (TPSA) is 37.3 Å². The first-order chi connectivity index (χ1) is 8.02. The molecule has 1 rings (SSSR count). The lowest BCUT2D eigenvalue weighted by atomic mass is 9.89. The maximum atomic E-state index is 11.2. The lowest BCUT2D eigenvalue weighted by molar-refractivity contribution is -0.142. The Labute approximate surface area is 104 Å². The van der Waals surface area contributed by atoms with Gasteiger partial charge in [0, 0.05) is 0 Å². The van der Waals surface area contributed by atoms with Gasteiger partial charge in [0.2, 0.25) is 0 Å². The van der Waals surface area contributed by atoms with E-state index in [2.05, 4.69) is 19.9 Å². The molecule has 0 aliphatic rings. The number of hydrogen-bond donors (Lipinski definition) is 1. The molecule has 1 aromatic carbocycles. The molecule has 0 aliphatic heterocycles. The zero-order valence-corrected chi connectivity index (χ0v) is 10.9. The summed E-state index contributed by atoms with van der Waals surface area (Å²) in [5, 5.41) is 9.25. The Morgan fingerprint density at radius 3 is 2.65 bits per heavy atom. The maximum absolute atomic E-state index is 11.2. The Hall–Kier alpha value is -1.31. The van der Waals surface area contributed by atoms with Crippen LogP contribution in [0.4, 0.5) is 0 Å². The van der Waals surface area contributed by atoms with Crippen LogP contribution in [0.1, 0.15) is 37.8 Å². The molecule has 0 radical (unpaired) electrons. The van der Waals surface area contributed by atoms with E-state index in [-0.39, 0.29) is 5.92 Å². The minimum absolute atomic E-state index is 0.258. The summed E-state index contributed by atoms with van der Waals surface area (Å²) in [7, 11) is 0. The number of carboxylic acids is 1. The Morgan fingerprint density at radius 1 is 1.41 bits per heavy atom. The summed E-state index contributed by atoms with van der Waals surface area (Å²) in [4.78, 5) is 11.2. The predicted molar refractivity (Wildman–Crippen MR) is 70.1 cm³/mol. The summed E-state index contributed by atoms with van der Waals surface area (Å²) < 4.78 is 0. The molecule has 0 saturated carbocycles. The maximum Gasteiger partial charge on any atom is 0.306 e. The quantitative estimate of drug-likeness (QED) is 0.815. The summed E-state index contributed by atoms with van der Waals surface area (Å²) in [5.41, 5.74) is 2.32. The summed E-state index contributed by atoms with van der Waals surface area (Å²) in [5.74, 6) is -0.459. The van der Waals surface area contributed by atoms with E-state index in [1.165, 1.54) is 5.56 Å². The minimum atomic E-state index is -0.674. The van der Waals surface area contributed by atoms with Gasteiger partial charge in [0.05, 0.1) is 5.92 Å². The van der Waals surface area contributed by atoms with E-state index in [1.807, 2.05) is 25.1 Å². The first kappa shape index (κ1) is 13.8. The molecule has 0 aliphatic carbocycles. The second-order valence-corrected chi connectivity index (χ2v) is 4.98. The molecular weight excluding hydrogens is 212 g/mol. The highest BCUT2D eigenvalue weighted by Crippen LogP contribution is 2.20. The van der Waals surface area contributed by atoms with Crippen LogP contribution in [0.25, 0.3) is 0 Å². The summed E-state index contributed by atoms with van der Waals surface area (Å²) in [6.45, 7) is 6.26. The van der Waals surface area contributed by atoms with Gasteiger partial charge in [-0.05, 0) is 31.2 Å². The number of rotatable bonds is 6. The third-order valence-corrected chi connectivity index (χ3v) is 3.30. The highest BCUT2D eigenvalue weighted by Gasteiger charge is 2.20. The van der Waals surface area contributed by atoms with Crippen molar-refractivity contribution in [2.75, 3.05) is 0 Å². The molecule has 1 N–H and O–H groups in total. The van der Waals surface area contributed by atoms with E-state index in [4.69, 9.17) is 0 Å². The highest BCUT2D eigenvalue weighted by molar-refractivity contribution is 5.70. The average Bonchev–Trinajstić information content (AvgIpc) is 2.27. The molecule has 0 aromatic heterocycles. The van der Waals surface area contributed by atoms with Crippen LogP contribution >= 0.6 is 0 Å². The molecule has 2 nitrogen and oxygen atoms in total. The molecule has 0 amide bonds. The van der Waals surface area contributed by atoms with Gasteiger partial charge in [0.15, 0.2) is 0 Å². The third kappa shape index (κ3) is 4.59. The molecule has 94 valence electrons. The molecular formula is C15H22O2. The predicted octanol–water partition coefficient (Wildman–Crippen LogP) is 3.67. The van der Waals surface area contributed by atoms with Gasteiger partial charge in [-0.2, -0.15) is 0 Å². The van der Waals surface area contributed by atoms with Crippen LogP contribution in [-0.4, -0.2) is 11.1 Å². The number of aryl methyl sites for hydroxylation is 1. The van der Waals surface area contributed by atoms with Crippen molar-refractivity contribution in [3.05, 3.63) is 35.4 Å². The standard InChI is InChI=1S/C15H22O2/c1-4-11(2)9-14(15(16)17)10-13-7-5-6-12(3)8-13/h5-8,11,14H,4,9-10H2,1-3H3,(H,16,17). The van der Waals surface area contributed by atoms with Crippen molar-refractivity contribution in [2.24, 2.45) is 11.8 Å². The van der Waals surface area contributed by atoms with Crippen molar-refractivity contribution < 1.29 is 9.90 Å². The second kappa shape index (κ2) is 6.43. The lowest BCUT2D eigenvalue weighted by Crippen LogP contribution is -2.19. The molecule has 2 unspecified atom stereocenters. The van der Waals surface area contributed by atoms with Gasteiger partial charge in [0.25, 0.3) is 0 Å². The van der Waals surface area contributed by atoms with E-state index < -0.39 is 5.97 Å². The molecule has 0 fully saturated rings. The van der Waals surface area contributed by atoms with Crippen molar-refractivity contribution in [2.45, 2.75) is 40.0 Å². The largest absolute Gasteiger partial charge is 0.481 e. The Morgan fingerprint density at radius 2 is 2.12 bits per heavy atom. The van der Waals surface area contributed by atoms with Crippen molar-refractivity contribution >= 4 is 5.97 Å². The molecule has 0 saturated heterocycles. The van der Waals surface area contributed by atoms with Crippen LogP contribution in [0.3, 0.4) is 0 Å². The zero-order chi connectivity index (χ0) is 12.8. The van der Waals surface area contributed by atoms with Crippen LogP contribution in [0.15, 0.2) is 24.3 Å². The van der Waals surface area contributed by atoms with Crippen molar-refractivity contribution in [3.63, 3.8) is 0 Å². The fourth-order valence-corrected chi connectivity index (χ4v) is 2.05. The van der Waals surface area contributed by atoms with E-state index in [0.717, 1.165) is 18.4 Å². The number of carboxylic acid groups (broad SMARTS) is 1. The van der Waals surface area contributed by atoms with Gasteiger partial charge in [-0.1, -0.05) is 50.1 Å². The summed E-state index contributed by atoms with van der Waals surface area (Å²) in [6.07, 6.45) is 2.44. The average molecular weight is 234 g/mol. The number of hydrogen-bond acceptors (Lipinski definition) is 1. The van der Waals surface area contributed by atoms with Crippen molar-refractivity contribution in [1.82, 2.24) is 0 Å². The third-order valence-electron chi connectivity index (χ3n) is 3.30. The SMILES string of the molecule is CCC(C)CC(Cc1cccc(C)c1)C(=O)O. The van der Waals surface area contributed by atoms with Gasteiger partial charge in [-0.25, -0.2) is 0 Å².